The molecule has 0 radical (unpaired) electrons. The first-order valence-electron chi connectivity index (χ1n) is 8.97. The summed E-state index contributed by atoms with van der Waals surface area (Å²) in [6, 6.07) is 12.5. The van der Waals surface area contributed by atoms with Crippen molar-refractivity contribution >= 4 is 51.8 Å². The highest BCUT2D eigenvalue weighted by molar-refractivity contribution is 7.99. The fraction of sp³-hybridized carbons (Fsp3) is 0.238. The molecule has 2 heterocycles. The number of anilines is 1. The highest BCUT2D eigenvalue weighted by Crippen LogP contribution is 2.27. The van der Waals surface area contributed by atoms with Crippen LogP contribution in [-0.2, 0) is 4.79 Å². The average Bonchev–Trinajstić information content (AvgIpc) is 3.30. The third kappa shape index (κ3) is 3.62. The molecule has 2 aromatic carbocycles. The smallest absolute Gasteiger partial charge is 0.271 e. The van der Waals surface area contributed by atoms with Crippen molar-refractivity contribution < 1.29 is 9.59 Å². The Hall–Kier alpha value is -2.44. The Morgan fingerprint density at radius 2 is 1.96 bits per heavy atom. The molecule has 1 unspecified atom stereocenters. The van der Waals surface area contributed by atoms with Gasteiger partial charge in [0.2, 0.25) is 5.91 Å². The van der Waals surface area contributed by atoms with E-state index in [1.54, 1.807) is 28.8 Å². The first-order chi connectivity index (χ1) is 13.4. The average molecular weight is 414 g/mol. The fourth-order valence-corrected chi connectivity index (χ4v) is 4.61. The zero-order valence-electron chi connectivity index (χ0n) is 15.6. The summed E-state index contributed by atoms with van der Waals surface area (Å²) in [7, 11) is 0. The number of nitrogens with zero attached hydrogens (tertiary/aromatic N) is 1. The summed E-state index contributed by atoms with van der Waals surface area (Å²) in [5.74, 6) is 0.715. The Labute approximate surface area is 172 Å². The Balaban J connectivity index is 1.53. The van der Waals surface area contributed by atoms with Crippen LogP contribution in [-0.4, -0.2) is 39.4 Å². The number of thioether (sulfide) groups is 1. The van der Waals surface area contributed by atoms with Gasteiger partial charge in [0, 0.05) is 27.4 Å². The second-order valence-corrected chi connectivity index (χ2v) is 8.43. The number of aromatic amines is 1. The summed E-state index contributed by atoms with van der Waals surface area (Å²) in [5, 5.41) is 4.44. The van der Waals surface area contributed by atoms with E-state index < -0.39 is 6.04 Å². The van der Waals surface area contributed by atoms with Crippen LogP contribution in [0.5, 0.6) is 0 Å². The summed E-state index contributed by atoms with van der Waals surface area (Å²) < 4.78 is 0. The lowest BCUT2D eigenvalue weighted by molar-refractivity contribution is -0.119. The monoisotopic (exact) mass is 413 g/mol. The molecule has 1 aromatic heterocycles. The summed E-state index contributed by atoms with van der Waals surface area (Å²) in [5.41, 5.74) is 4.34. The molecule has 1 aliphatic rings. The van der Waals surface area contributed by atoms with Crippen LogP contribution in [0, 0.1) is 13.8 Å². The van der Waals surface area contributed by atoms with Gasteiger partial charge in [-0.15, -0.1) is 11.8 Å². The highest BCUT2D eigenvalue weighted by atomic mass is 35.5. The second kappa shape index (κ2) is 7.53. The lowest BCUT2D eigenvalue weighted by Gasteiger charge is -2.22. The van der Waals surface area contributed by atoms with E-state index in [9.17, 15) is 9.59 Å². The Bertz CT molecular complexity index is 1080. The maximum Gasteiger partial charge on any atom is 0.271 e. The number of benzene rings is 2. The minimum Gasteiger partial charge on any atom is -0.351 e. The van der Waals surface area contributed by atoms with E-state index in [4.69, 9.17) is 11.6 Å². The van der Waals surface area contributed by atoms with Gasteiger partial charge in [-0.1, -0.05) is 17.7 Å². The second-order valence-electron chi connectivity index (χ2n) is 6.99. The van der Waals surface area contributed by atoms with Gasteiger partial charge in [-0.25, -0.2) is 0 Å². The van der Waals surface area contributed by atoms with Gasteiger partial charge in [-0.3, -0.25) is 9.59 Å². The number of carbonyl (C=O) groups excluding carboxylic acids is 2. The first-order valence-corrected chi connectivity index (χ1v) is 10.5. The Kier molecular flexibility index (Phi) is 5.08. The molecule has 1 fully saturated rings. The standard InChI is InChI=1S/C21H20ClN3O2S/c1-12-3-5-16(7-13(12)2)23-20(26)19-10-28-11-25(19)21(27)18-9-14-8-15(22)4-6-17(14)24-18/h3-9,19,24H,10-11H2,1-2H3,(H,23,26). The van der Waals surface area contributed by atoms with E-state index in [-0.39, 0.29) is 11.8 Å². The highest BCUT2D eigenvalue weighted by Gasteiger charge is 2.35. The van der Waals surface area contributed by atoms with Crippen molar-refractivity contribution in [3.05, 3.63) is 64.3 Å². The molecule has 28 heavy (non-hydrogen) atoms. The predicted octanol–water partition coefficient (Wildman–Crippen LogP) is 4.59. The van der Waals surface area contributed by atoms with Gasteiger partial charge in [0.25, 0.3) is 5.91 Å². The fourth-order valence-electron chi connectivity index (χ4n) is 3.28. The molecule has 0 saturated carbocycles. The molecule has 7 heteroatoms. The third-order valence-electron chi connectivity index (χ3n) is 5.03. The van der Waals surface area contributed by atoms with E-state index >= 15 is 0 Å². The van der Waals surface area contributed by atoms with Crippen LogP contribution in [0.2, 0.25) is 5.02 Å². The zero-order valence-corrected chi connectivity index (χ0v) is 17.2. The van der Waals surface area contributed by atoms with E-state index in [2.05, 4.69) is 10.3 Å². The van der Waals surface area contributed by atoms with Crippen molar-refractivity contribution in [1.29, 1.82) is 0 Å². The molecule has 0 spiro atoms. The van der Waals surface area contributed by atoms with Crippen LogP contribution < -0.4 is 5.32 Å². The van der Waals surface area contributed by atoms with Crippen LogP contribution >= 0.6 is 23.4 Å². The molecule has 2 N–H and O–H groups in total. The number of aryl methyl sites for hydroxylation is 2. The van der Waals surface area contributed by atoms with Gasteiger partial charge >= 0.3 is 0 Å². The van der Waals surface area contributed by atoms with Crippen LogP contribution in [0.4, 0.5) is 5.69 Å². The van der Waals surface area contributed by atoms with Gasteiger partial charge < -0.3 is 15.2 Å². The number of aromatic nitrogens is 1. The molecule has 1 aliphatic heterocycles. The topological polar surface area (TPSA) is 65.2 Å². The molecular weight excluding hydrogens is 394 g/mol. The number of hydrogen-bond acceptors (Lipinski definition) is 3. The summed E-state index contributed by atoms with van der Waals surface area (Å²) in [6.45, 7) is 4.04. The molecule has 144 valence electrons. The molecule has 0 aliphatic carbocycles. The normalized spacial score (nSPS) is 16.5. The summed E-state index contributed by atoms with van der Waals surface area (Å²) in [4.78, 5) is 30.6. The summed E-state index contributed by atoms with van der Waals surface area (Å²) >= 11 is 7.61. The molecule has 5 nitrogen and oxygen atoms in total. The summed E-state index contributed by atoms with van der Waals surface area (Å²) in [6.07, 6.45) is 0. The third-order valence-corrected chi connectivity index (χ3v) is 6.28. The van der Waals surface area contributed by atoms with E-state index in [1.165, 1.54) is 5.56 Å². The number of carbonyl (C=O) groups is 2. The van der Waals surface area contributed by atoms with Crippen LogP contribution in [0.25, 0.3) is 10.9 Å². The van der Waals surface area contributed by atoms with Crippen molar-refractivity contribution in [1.82, 2.24) is 9.88 Å². The van der Waals surface area contributed by atoms with Crippen LogP contribution in [0.3, 0.4) is 0 Å². The molecule has 1 saturated heterocycles. The SMILES string of the molecule is Cc1ccc(NC(=O)C2CSCN2C(=O)c2cc3cc(Cl)ccc3[nH]2)cc1C. The Morgan fingerprint density at radius 1 is 1.14 bits per heavy atom. The molecule has 4 rings (SSSR count). The van der Waals surface area contributed by atoms with Crippen molar-refractivity contribution in [3.63, 3.8) is 0 Å². The largest absolute Gasteiger partial charge is 0.351 e. The van der Waals surface area contributed by atoms with Gasteiger partial charge in [0.1, 0.15) is 11.7 Å². The molecule has 3 aromatic rings. The molecular formula is C21H20ClN3O2S. The van der Waals surface area contributed by atoms with Gasteiger partial charge in [0.15, 0.2) is 0 Å². The van der Waals surface area contributed by atoms with Crippen LogP contribution in [0.1, 0.15) is 21.6 Å². The van der Waals surface area contributed by atoms with Crippen molar-refractivity contribution in [2.45, 2.75) is 19.9 Å². The van der Waals surface area contributed by atoms with Gasteiger partial charge in [0.05, 0.1) is 5.88 Å². The zero-order chi connectivity index (χ0) is 19.8. The maximum absolute atomic E-state index is 13.0. The predicted molar refractivity (Wildman–Crippen MR) is 115 cm³/mol. The molecule has 0 bridgehead atoms. The number of rotatable bonds is 3. The number of amides is 2. The lowest BCUT2D eigenvalue weighted by Crippen LogP contribution is -2.44. The first kappa shape index (κ1) is 18.9. The Morgan fingerprint density at radius 3 is 2.75 bits per heavy atom. The van der Waals surface area contributed by atoms with E-state index in [0.29, 0.717) is 22.3 Å². The molecule has 2 amide bonds. The number of hydrogen-bond donors (Lipinski definition) is 2. The van der Waals surface area contributed by atoms with Crippen LogP contribution in [0.15, 0.2) is 42.5 Å². The van der Waals surface area contributed by atoms with Crippen molar-refractivity contribution in [2.24, 2.45) is 0 Å². The van der Waals surface area contributed by atoms with E-state index in [0.717, 1.165) is 22.2 Å². The maximum atomic E-state index is 13.0. The number of halogens is 1. The van der Waals surface area contributed by atoms with Gasteiger partial charge in [-0.2, -0.15) is 0 Å². The van der Waals surface area contributed by atoms with Crippen molar-refractivity contribution in [2.75, 3.05) is 16.9 Å². The molecule has 1 atom stereocenters. The van der Waals surface area contributed by atoms with Gasteiger partial charge in [-0.05, 0) is 61.4 Å². The van der Waals surface area contributed by atoms with Crippen molar-refractivity contribution in [3.8, 4) is 0 Å². The lowest BCUT2D eigenvalue weighted by atomic mass is 10.1. The number of H-pyrrole nitrogens is 1. The minimum absolute atomic E-state index is 0.166. The number of fused-ring (bicyclic) bond motifs is 1. The van der Waals surface area contributed by atoms with E-state index in [1.807, 2.05) is 44.2 Å². The quantitative estimate of drug-likeness (QED) is 0.659. The minimum atomic E-state index is -0.505. The number of nitrogens with one attached hydrogen (secondary N) is 2.